The topological polar surface area (TPSA) is 102 Å². The molecule has 1 atom stereocenters. The van der Waals surface area contributed by atoms with Crippen LogP contribution in [0.1, 0.15) is 12.0 Å². The highest BCUT2D eigenvalue weighted by molar-refractivity contribution is 7.91. The normalized spacial score (nSPS) is 21.6. The van der Waals surface area contributed by atoms with Gasteiger partial charge < -0.3 is 5.43 Å². The number of hydrogen-bond acceptors (Lipinski definition) is 6. The molecule has 1 fully saturated rings. The Morgan fingerprint density at radius 1 is 1.37 bits per heavy atom. The number of nitro groups is 1. The van der Waals surface area contributed by atoms with Crippen LogP contribution in [0.3, 0.4) is 0 Å². The summed E-state index contributed by atoms with van der Waals surface area (Å²) in [5, 5.41) is 14.4. The average Bonchev–Trinajstić information content (AvgIpc) is 2.69. The van der Waals surface area contributed by atoms with Gasteiger partial charge in [0.05, 0.1) is 28.7 Å². The van der Waals surface area contributed by atoms with Gasteiger partial charge in [0.2, 0.25) is 0 Å². The Hall–Kier alpha value is -1.96. The number of nitrogens with zero attached hydrogens (tertiary/aromatic N) is 2. The van der Waals surface area contributed by atoms with Gasteiger partial charge in [-0.1, -0.05) is 0 Å². The molecule has 1 aliphatic heterocycles. The third kappa shape index (κ3) is 3.75. The molecule has 0 bridgehead atoms. The summed E-state index contributed by atoms with van der Waals surface area (Å²) >= 11 is 0. The van der Waals surface area contributed by atoms with E-state index < -0.39 is 14.8 Å². The van der Waals surface area contributed by atoms with Crippen molar-refractivity contribution in [2.45, 2.75) is 12.5 Å². The molecule has 1 aromatic rings. The lowest BCUT2D eigenvalue weighted by atomic mass is 10.2. The summed E-state index contributed by atoms with van der Waals surface area (Å²) in [5.41, 5.74) is 3.51. The van der Waals surface area contributed by atoms with E-state index >= 15 is 0 Å². The first-order chi connectivity index (χ1) is 8.96. The lowest BCUT2D eigenvalue weighted by molar-refractivity contribution is -0.384. The maximum Gasteiger partial charge on any atom is 0.269 e. The van der Waals surface area contributed by atoms with Gasteiger partial charge in [-0.3, -0.25) is 10.1 Å². The number of hydrogen-bond donors (Lipinski definition) is 1. The van der Waals surface area contributed by atoms with Gasteiger partial charge in [-0.15, -0.1) is 0 Å². The molecule has 0 saturated carbocycles. The lowest BCUT2D eigenvalue weighted by Gasteiger charge is -2.05. The Morgan fingerprint density at radius 2 is 2.05 bits per heavy atom. The van der Waals surface area contributed by atoms with Crippen LogP contribution in [0.5, 0.6) is 0 Å². The van der Waals surface area contributed by atoms with Gasteiger partial charge in [-0.05, 0) is 24.1 Å². The fraction of sp³-hybridized carbons (Fsp3) is 0.364. The van der Waals surface area contributed by atoms with Gasteiger partial charge >= 0.3 is 0 Å². The molecular weight excluding hydrogens is 270 g/mol. The minimum Gasteiger partial charge on any atom is -0.306 e. The molecule has 1 heterocycles. The van der Waals surface area contributed by atoms with Crippen LogP contribution in [0.15, 0.2) is 29.4 Å². The smallest absolute Gasteiger partial charge is 0.269 e. The molecule has 0 spiro atoms. The summed E-state index contributed by atoms with van der Waals surface area (Å²) in [6.07, 6.45) is 2.06. The molecule has 0 amide bonds. The first kappa shape index (κ1) is 13.5. The summed E-state index contributed by atoms with van der Waals surface area (Å²) in [4.78, 5) is 9.99. The number of rotatable bonds is 4. The van der Waals surface area contributed by atoms with Crippen molar-refractivity contribution >= 4 is 21.7 Å². The first-order valence-corrected chi connectivity index (χ1v) is 7.52. The van der Waals surface area contributed by atoms with E-state index in [0.29, 0.717) is 12.0 Å². The summed E-state index contributed by atoms with van der Waals surface area (Å²) in [5.74, 6) is 0.294. The largest absolute Gasteiger partial charge is 0.306 e. The maximum atomic E-state index is 11.2. The van der Waals surface area contributed by atoms with Crippen LogP contribution in [0.25, 0.3) is 0 Å². The molecular formula is C11H13N3O4S. The summed E-state index contributed by atoms with van der Waals surface area (Å²) < 4.78 is 22.4. The van der Waals surface area contributed by atoms with Crippen molar-refractivity contribution in [1.82, 2.24) is 5.43 Å². The van der Waals surface area contributed by atoms with Gasteiger partial charge in [0.15, 0.2) is 9.84 Å². The van der Waals surface area contributed by atoms with Crippen LogP contribution in [-0.4, -0.2) is 37.1 Å². The van der Waals surface area contributed by atoms with Crippen molar-refractivity contribution in [3.63, 3.8) is 0 Å². The molecule has 0 unspecified atom stereocenters. The predicted octanol–water partition coefficient (Wildman–Crippen LogP) is 0.705. The molecule has 0 aliphatic carbocycles. The van der Waals surface area contributed by atoms with Crippen molar-refractivity contribution < 1.29 is 13.3 Å². The molecule has 8 heteroatoms. The summed E-state index contributed by atoms with van der Waals surface area (Å²) in [6, 6.07) is 5.78. The average molecular weight is 283 g/mol. The van der Waals surface area contributed by atoms with Crippen molar-refractivity contribution in [1.29, 1.82) is 0 Å². The van der Waals surface area contributed by atoms with E-state index in [1.807, 2.05) is 0 Å². The molecule has 1 aliphatic rings. The Morgan fingerprint density at radius 3 is 2.58 bits per heavy atom. The van der Waals surface area contributed by atoms with Crippen molar-refractivity contribution in [3.05, 3.63) is 39.9 Å². The minimum atomic E-state index is -2.92. The van der Waals surface area contributed by atoms with Crippen LogP contribution in [0.2, 0.25) is 0 Å². The molecule has 1 aromatic carbocycles. The molecule has 1 saturated heterocycles. The van der Waals surface area contributed by atoms with E-state index in [4.69, 9.17) is 0 Å². The second-order valence-electron chi connectivity index (χ2n) is 4.34. The van der Waals surface area contributed by atoms with Crippen LogP contribution in [0, 0.1) is 10.1 Å². The first-order valence-electron chi connectivity index (χ1n) is 5.70. The summed E-state index contributed by atoms with van der Waals surface area (Å²) in [7, 11) is -2.92. The predicted molar refractivity (Wildman–Crippen MR) is 70.9 cm³/mol. The van der Waals surface area contributed by atoms with Gasteiger partial charge in [0.1, 0.15) is 0 Å². The fourth-order valence-electron chi connectivity index (χ4n) is 1.80. The molecule has 102 valence electrons. The Bertz CT molecular complexity index is 595. The van der Waals surface area contributed by atoms with E-state index in [1.54, 1.807) is 12.1 Å². The third-order valence-electron chi connectivity index (χ3n) is 2.81. The second-order valence-corrected chi connectivity index (χ2v) is 6.56. The monoisotopic (exact) mass is 283 g/mol. The fourth-order valence-corrected chi connectivity index (χ4v) is 3.46. The lowest BCUT2D eigenvalue weighted by Crippen LogP contribution is -2.25. The second kappa shape index (κ2) is 5.35. The highest BCUT2D eigenvalue weighted by atomic mass is 32.2. The number of non-ortho nitro benzene ring substituents is 1. The summed E-state index contributed by atoms with van der Waals surface area (Å²) in [6.45, 7) is 0. The number of benzene rings is 1. The van der Waals surface area contributed by atoms with Crippen LogP contribution in [0.4, 0.5) is 5.69 Å². The van der Waals surface area contributed by atoms with Crippen molar-refractivity contribution in [2.75, 3.05) is 11.5 Å². The zero-order valence-corrected chi connectivity index (χ0v) is 10.8. The standard InChI is InChI=1S/C11H13N3O4S/c15-14(16)11-3-1-9(2-4-11)7-12-13-10-5-6-19(17,18)8-10/h1-4,7,10,13H,5-6,8H2/b12-7-/t10-/m0/s1. The maximum absolute atomic E-state index is 11.2. The molecule has 0 aromatic heterocycles. The number of nitrogens with one attached hydrogen (secondary N) is 1. The van der Waals surface area contributed by atoms with E-state index in [2.05, 4.69) is 10.5 Å². The number of nitro benzene ring substituents is 1. The highest BCUT2D eigenvalue weighted by Gasteiger charge is 2.27. The van der Waals surface area contributed by atoms with Crippen LogP contribution < -0.4 is 5.43 Å². The zero-order chi connectivity index (χ0) is 13.9. The van der Waals surface area contributed by atoms with Crippen molar-refractivity contribution in [2.24, 2.45) is 5.10 Å². The van der Waals surface area contributed by atoms with E-state index in [9.17, 15) is 18.5 Å². The third-order valence-corrected chi connectivity index (χ3v) is 4.58. The minimum absolute atomic E-state index is 0.0204. The van der Waals surface area contributed by atoms with Gasteiger partial charge in [0, 0.05) is 12.1 Å². The SMILES string of the molecule is O=[N+]([O-])c1ccc(/C=N\N[C@H]2CCS(=O)(=O)C2)cc1. The quantitative estimate of drug-likeness (QED) is 0.498. The van der Waals surface area contributed by atoms with Gasteiger partial charge in [0.25, 0.3) is 5.69 Å². The van der Waals surface area contributed by atoms with Gasteiger partial charge in [-0.2, -0.15) is 5.10 Å². The molecule has 2 rings (SSSR count). The molecule has 7 nitrogen and oxygen atoms in total. The molecule has 1 N–H and O–H groups in total. The van der Waals surface area contributed by atoms with E-state index in [0.717, 1.165) is 0 Å². The number of hydrazone groups is 1. The molecule has 19 heavy (non-hydrogen) atoms. The Labute approximate surface area is 110 Å². The highest BCUT2D eigenvalue weighted by Crippen LogP contribution is 2.12. The Balaban J connectivity index is 1.91. The molecule has 0 radical (unpaired) electrons. The van der Waals surface area contributed by atoms with Crippen LogP contribution >= 0.6 is 0 Å². The Kier molecular flexibility index (Phi) is 3.79. The van der Waals surface area contributed by atoms with E-state index in [1.165, 1.54) is 18.3 Å². The zero-order valence-electron chi connectivity index (χ0n) is 10.0. The van der Waals surface area contributed by atoms with Gasteiger partial charge in [-0.25, -0.2) is 8.42 Å². The van der Waals surface area contributed by atoms with Crippen LogP contribution in [-0.2, 0) is 9.84 Å². The number of sulfone groups is 1. The van der Waals surface area contributed by atoms with Crippen molar-refractivity contribution in [3.8, 4) is 0 Å². The van der Waals surface area contributed by atoms with E-state index in [-0.39, 0.29) is 23.2 Å².